The molecule has 260 valence electrons. The smallest absolute Gasteiger partial charge is 0.0619 e. The van der Waals surface area contributed by atoms with Crippen LogP contribution in [0.5, 0.6) is 0 Å². The average Bonchev–Trinajstić information content (AvgIpc) is 3.99. The number of rotatable bonds is 4. The molecule has 3 aromatic heterocycles. The van der Waals surface area contributed by atoms with E-state index in [9.17, 15) is 0 Å². The SMILES string of the molecule is Clc1ccccc1-c1c2nc(c(-c3ccccc3Cl)c3cc(I)c([nH]3)c(-c3ccccc3Cl)c3nc(c(-c4ccccc4Cl)c4ccc1[nH]4)CC3)CC2. The van der Waals surface area contributed by atoms with E-state index in [2.05, 4.69) is 75.0 Å². The van der Waals surface area contributed by atoms with Crippen molar-refractivity contribution in [3.8, 4) is 44.5 Å². The van der Waals surface area contributed by atoms with E-state index in [1.807, 2.05) is 72.8 Å². The Labute approximate surface area is 340 Å². The van der Waals surface area contributed by atoms with Crippen LogP contribution in [0.15, 0.2) is 115 Å². The lowest BCUT2D eigenvalue weighted by molar-refractivity contribution is 1.03. The molecule has 9 heteroatoms. The number of hydrogen-bond donors (Lipinski definition) is 2. The number of fused-ring (bicyclic) bond motifs is 8. The van der Waals surface area contributed by atoms with Gasteiger partial charge in [-0.25, -0.2) is 0 Å². The van der Waals surface area contributed by atoms with Gasteiger partial charge in [-0.15, -0.1) is 0 Å². The van der Waals surface area contributed by atoms with Crippen LogP contribution in [0.3, 0.4) is 0 Å². The predicted molar refractivity (Wildman–Crippen MR) is 230 cm³/mol. The van der Waals surface area contributed by atoms with Gasteiger partial charge in [-0.2, -0.15) is 0 Å². The maximum absolute atomic E-state index is 7.00. The number of aromatic nitrogens is 4. The van der Waals surface area contributed by atoms with Crippen LogP contribution in [0.2, 0.25) is 20.1 Å². The van der Waals surface area contributed by atoms with Crippen molar-refractivity contribution in [3.63, 3.8) is 0 Å². The highest BCUT2D eigenvalue weighted by Crippen LogP contribution is 2.43. The van der Waals surface area contributed by atoms with Gasteiger partial charge in [-0.05, 0) is 90.7 Å². The van der Waals surface area contributed by atoms with Gasteiger partial charge in [0.25, 0.3) is 0 Å². The second kappa shape index (κ2) is 14.3. The molecule has 0 saturated heterocycles. The summed E-state index contributed by atoms with van der Waals surface area (Å²) in [4.78, 5) is 18.5. The van der Waals surface area contributed by atoms with E-state index in [0.717, 1.165) is 92.9 Å². The Morgan fingerprint density at radius 1 is 0.415 bits per heavy atom. The molecule has 2 aliphatic rings. The highest BCUT2D eigenvalue weighted by atomic mass is 127. The number of nitrogens with one attached hydrogen (secondary N) is 2. The van der Waals surface area contributed by atoms with Gasteiger partial charge in [0, 0.05) is 84.7 Å². The lowest BCUT2D eigenvalue weighted by Crippen LogP contribution is -1.91. The van der Waals surface area contributed by atoms with E-state index in [4.69, 9.17) is 56.4 Å². The van der Waals surface area contributed by atoms with Gasteiger partial charge >= 0.3 is 0 Å². The molecule has 4 aromatic carbocycles. The van der Waals surface area contributed by atoms with E-state index in [0.29, 0.717) is 45.8 Å². The normalized spacial score (nSPS) is 12.7. The minimum Gasteiger partial charge on any atom is -0.354 e. The summed E-state index contributed by atoms with van der Waals surface area (Å²) in [6.07, 6.45) is 2.85. The van der Waals surface area contributed by atoms with E-state index in [1.54, 1.807) is 0 Å². The fourth-order valence-corrected chi connectivity index (χ4v) is 9.27. The van der Waals surface area contributed by atoms with Gasteiger partial charge < -0.3 is 9.97 Å². The molecule has 4 nitrogen and oxygen atoms in total. The molecular weight excluding hydrogens is 853 g/mol. The summed E-state index contributed by atoms with van der Waals surface area (Å²) in [7, 11) is 0. The van der Waals surface area contributed by atoms with E-state index >= 15 is 0 Å². The number of aromatic amines is 2. The zero-order valence-corrected chi connectivity index (χ0v) is 33.3. The Morgan fingerprint density at radius 3 is 1.15 bits per heavy atom. The number of H-pyrrole nitrogens is 2. The van der Waals surface area contributed by atoms with Crippen LogP contribution < -0.4 is 0 Å². The molecule has 0 saturated carbocycles. The van der Waals surface area contributed by atoms with Crippen molar-refractivity contribution in [2.75, 3.05) is 0 Å². The Morgan fingerprint density at radius 2 is 0.755 bits per heavy atom. The summed E-state index contributed by atoms with van der Waals surface area (Å²) in [6.45, 7) is 0. The third-order valence-corrected chi connectivity index (χ3v) is 12.1. The van der Waals surface area contributed by atoms with Crippen LogP contribution >= 0.6 is 69.0 Å². The first-order valence-electron chi connectivity index (χ1n) is 17.3. The number of hydrogen-bond acceptors (Lipinski definition) is 2. The van der Waals surface area contributed by atoms with Gasteiger partial charge in [0.05, 0.1) is 28.3 Å². The molecule has 2 aliphatic heterocycles. The molecule has 0 amide bonds. The van der Waals surface area contributed by atoms with Gasteiger partial charge in [-0.3, -0.25) is 9.97 Å². The van der Waals surface area contributed by atoms with Crippen LogP contribution in [0.4, 0.5) is 0 Å². The van der Waals surface area contributed by atoms with Crippen molar-refractivity contribution in [1.29, 1.82) is 0 Å². The summed E-state index contributed by atoms with van der Waals surface area (Å²) in [5, 5.41) is 2.61. The van der Waals surface area contributed by atoms with Gasteiger partial charge in [0.2, 0.25) is 0 Å². The minimum absolute atomic E-state index is 0.653. The topological polar surface area (TPSA) is 57.4 Å². The molecule has 0 radical (unpaired) electrons. The molecular formula is C44H29Cl4IN4. The summed E-state index contributed by atoms with van der Waals surface area (Å²) >= 11 is 30.3. The Hall–Kier alpha value is -4.11. The number of nitrogens with zero attached hydrogens (tertiary/aromatic N) is 2. The lowest BCUT2D eigenvalue weighted by Gasteiger charge is -2.09. The van der Waals surface area contributed by atoms with E-state index in [-0.39, 0.29) is 0 Å². The molecule has 0 spiro atoms. The molecule has 0 unspecified atom stereocenters. The molecule has 7 aromatic rings. The molecule has 53 heavy (non-hydrogen) atoms. The molecule has 0 aliphatic carbocycles. The highest BCUT2D eigenvalue weighted by Gasteiger charge is 2.25. The van der Waals surface area contributed by atoms with Crippen LogP contribution in [0.1, 0.15) is 22.8 Å². The number of benzene rings is 4. The second-order valence-electron chi connectivity index (χ2n) is 13.1. The largest absolute Gasteiger partial charge is 0.354 e. The summed E-state index contributed by atoms with van der Waals surface area (Å²) in [5.74, 6) is 0. The summed E-state index contributed by atoms with van der Waals surface area (Å²) in [5.41, 5.74) is 14.9. The Balaban J connectivity index is 1.52. The Kier molecular flexibility index (Phi) is 9.33. The molecule has 0 atom stereocenters. The molecule has 8 bridgehead atoms. The predicted octanol–water partition coefficient (Wildman–Crippen LogP) is 13.8. The van der Waals surface area contributed by atoms with Gasteiger partial charge in [0.15, 0.2) is 0 Å². The monoisotopic (exact) mass is 880 g/mol. The first-order valence-corrected chi connectivity index (χ1v) is 19.9. The lowest BCUT2D eigenvalue weighted by atomic mass is 10.0. The van der Waals surface area contributed by atoms with Crippen molar-refractivity contribution >= 4 is 91.1 Å². The fourth-order valence-electron chi connectivity index (χ4n) is 7.64. The maximum Gasteiger partial charge on any atom is 0.0619 e. The van der Waals surface area contributed by atoms with Crippen molar-refractivity contribution in [1.82, 2.24) is 19.9 Å². The maximum atomic E-state index is 7.00. The quantitative estimate of drug-likeness (QED) is 0.173. The third-order valence-electron chi connectivity index (χ3n) is 9.98. The first kappa shape index (κ1) is 34.6. The fraction of sp³-hybridized carbons (Fsp3) is 0.0909. The number of halogens is 5. The van der Waals surface area contributed by atoms with E-state index in [1.165, 1.54) is 0 Å². The molecule has 0 fully saturated rings. The average molecular weight is 882 g/mol. The van der Waals surface area contributed by atoms with Crippen molar-refractivity contribution in [2.45, 2.75) is 25.7 Å². The molecule has 5 heterocycles. The summed E-state index contributed by atoms with van der Waals surface area (Å²) < 4.78 is 1.03. The first-order chi connectivity index (χ1) is 25.9. The zero-order chi connectivity index (χ0) is 36.2. The van der Waals surface area contributed by atoms with Gasteiger partial charge in [0.1, 0.15) is 0 Å². The van der Waals surface area contributed by atoms with Crippen LogP contribution in [0.25, 0.3) is 66.6 Å². The van der Waals surface area contributed by atoms with Crippen molar-refractivity contribution in [2.24, 2.45) is 0 Å². The van der Waals surface area contributed by atoms with Crippen LogP contribution in [0, 0.1) is 3.57 Å². The summed E-state index contributed by atoms with van der Waals surface area (Å²) in [6, 6.07) is 38.2. The van der Waals surface area contributed by atoms with E-state index < -0.39 is 0 Å². The molecule has 9 rings (SSSR count). The van der Waals surface area contributed by atoms with Gasteiger partial charge in [-0.1, -0.05) is 119 Å². The third kappa shape index (κ3) is 6.26. The van der Waals surface area contributed by atoms with Crippen LogP contribution in [-0.4, -0.2) is 19.9 Å². The molecule has 2 N–H and O–H groups in total. The van der Waals surface area contributed by atoms with Crippen molar-refractivity contribution < 1.29 is 0 Å². The standard InChI is InChI=1S/C44H29Cl4IN4/c45-28-13-5-1-9-24(28)40-33-17-18-34(50-33)41(25-10-2-6-14-29(25)46)36-21-22-38(52-36)43(27-12-4-8-16-31(27)48)44-32(49)23-39(53-44)42(37-20-19-35(40)51-37)26-11-3-7-15-30(26)47/h1-18,23,50,53H,19-22H2. The minimum atomic E-state index is 0.653. The van der Waals surface area contributed by atoms with Crippen molar-refractivity contribution in [3.05, 3.63) is 162 Å². The Bertz CT molecular complexity index is 2770. The second-order valence-corrected chi connectivity index (χ2v) is 15.9. The zero-order valence-electron chi connectivity index (χ0n) is 28.1. The van der Waals surface area contributed by atoms with Crippen LogP contribution in [-0.2, 0) is 25.7 Å². The number of aryl methyl sites for hydroxylation is 4. The highest BCUT2D eigenvalue weighted by molar-refractivity contribution is 14.1.